The fourth-order valence-electron chi connectivity index (χ4n) is 1.57. The molecule has 16 heavy (non-hydrogen) atoms. The second kappa shape index (κ2) is 6.97. The Morgan fingerprint density at radius 3 is 2.69 bits per heavy atom. The molecular weight excluding hydrogens is 214 g/mol. The SMILES string of the molecule is CCC(C)NCCSc1ccc(C)cc1C. The van der Waals surface area contributed by atoms with E-state index >= 15 is 0 Å². The summed E-state index contributed by atoms with van der Waals surface area (Å²) in [6.07, 6.45) is 1.20. The van der Waals surface area contributed by atoms with E-state index in [0.29, 0.717) is 6.04 Å². The summed E-state index contributed by atoms with van der Waals surface area (Å²) in [7, 11) is 0. The van der Waals surface area contributed by atoms with Crippen molar-refractivity contribution in [1.82, 2.24) is 5.32 Å². The quantitative estimate of drug-likeness (QED) is 0.597. The monoisotopic (exact) mass is 237 g/mol. The number of benzene rings is 1. The third-order valence-corrected chi connectivity index (χ3v) is 3.97. The molecule has 1 rings (SSSR count). The molecule has 0 spiro atoms. The lowest BCUT2D eigenvalue weighted by Crippen LogP contribution is -2.27. The van der Waals surface area contributed by atoms with E-state index in [0.717, 1.165) is 12.3 Å². The molecular formula is C14H23NS. The molecule has 0 aliphatic rings. The highest BCUT2D eigenvalue weighted by Crippen LogP contribution is 2.22. The molecule has 0 aromatic heterocycles. The first kappa shape index (κ1) is 13.6. The summed E-state index contributed by atoms with van der Waals surface area (Å²) in [5.41, 5.74) is 2.74. The van der Waals surface area contributed by atoms with Gasteiger partial charge < -0.3 is 5.32 Å². The molecule has 1 aromatic carbocycles. The second-order valence-electron chi connectivity index (χ2n) is 4.38. The zero-order valence-corrected chi connectivity index (χ0v) is 11.7. The molecule has 1 atom stereocenters. The summed E-state index contributed by atoms with van der Waals surface area (Å²) >= 11 is 1.95. The van der Waals surface area contributed by atoms with E-state index in [2.05, 4.69) is 51.2 Å². The third-order valence-electron chi connectivity index (χ3n) is 2.80. The van der Waals surface area contributed by atoms with Crippen LogP contribution < -0.4 is 5.32 Å². The summed E-state index contributed by atoms with van der Waals surface area (Å²) in [6.45, 7) is 9.88. The van der Waals surface area contributed by atoms with Gasteiger partial charge in [-0.2, -0.15) is 0 Å². The molecule has 90 valence electrons. The topological polar surface area (TPSA) is 12.0 Å². The van der Waals surface area contributed by atoms with Gasteiger partial charge in [0.15, 0.2) is 0 Å². The molecule has 1 aromatic rings. The summed E-state index contributed by atoms with van der Waals surface area (Å²) in [4.78, 5) is 1.41. The van der Waals surface area contributed by atoms with Crippen molar-refractivity contribution in [2.24, 2.45) is 0 Å². The fraction of sp³-hybridized carbons (Fsp3) is 0.571. The van der Waals surface area contributed by atoms with Crippen LogP contribution in [0.25, 0.3) is 0 Å². The van der Waals surface area contributed by atoms with E-state index in [4.69, 9.17) is 0 Å². The van der Waals surface area contributed by atoms with Crippen molar-refractivity contribution >= 4 is 11.8 Å². The zero-order valence-electron chi connectivity index (χ0n) is 10.8. The molecule has 1 N–H and O–H groups in total. The molecule has 0 bridgehead atoms. The Balaban J connectivity index is 2.32. The average molecular weight is 237 g/mol. The smallest absolute Gasteiger partial charge is 0.0106 e. The highest BCUT2D eigenvalue weighted by molar-refractivity contribution is 7.99. The van der Waals surface area contributed by atoms with Crippen LogP contribution in [-0.2, 0) is 0 Å². The summed E-state index contributed by atoms with van der Waals surface area (Å²) < 4.78 is 0. The molecule has 0 aliphatic carbocycles. The van der Waals surface area contributed by atoms with Crippen molar-refractivity contribution in [3.63, 3.8) is 0 Å². The predicted molar refractivity (Wildman–Crippen MR) is 74.4 cm³/mol. The fourth-order valence-corrected chi connectivity index (χ4v) is 2.46. The van der Waals surface area contributed by atoms with Gasteiger partial charge in [-0.05, 0) is 38.8 Å². The average Bonchev–Trinajstić information content (AvgIpc) is 2.26. The Kier molecular flexibility index (Phi) is 5.93. The number of rotatable bonds is 6. The van der Waals surface area contributed by atoms with Crippen LogP contribution in [0.3, 0.4) is 0 Å². The first-order chi connectivity index (χ1) is 7.63. The zero-order chi connectivity index (χ0) is 12.0. The van der Waals surface area contributed by atoms with Gasteiger partial charge in [0.25, 0.3) is 0 Å². The van der Waals surface area contributed by atoms with Crippen LogP contribution in [-0.4, -0.2) is 18.3 Å². The lowest BCUT2D eigenvalue weighted by Gasteiger charge is -2.11. The van der Waals surface area contributed by atoms with Crippen LogP contribution in [0.4, 0.5) is 0 Å². The first-order valence-electron chi connectivity index (χ1n) is 6.07. The van der Waals surface area contributed by atoms with Gasteiger partial charge in [0, 0.05) is 23.2 Å². The Labute approximate surface area is 104 Å². The van der Waals surface area contributed by atoms with Gasteiger partial charge in [-0.25, -0.2) is 0 Å². The Morgan fingerprint density at radius 1 is 1.31 bits per heavy atom. The van der Waals surface area contributed by atoms with Gasteiger partial charge in [-0.3, -0.25) is 0 Å². The van der Waals surface area contributed by atoms with Crippen LogP contribution in [0.15, 0.2) is 23.1 Å². The molecule has 0 fully saturated rings. The van der Waals surface area contributed by atoms with Crippen LogP contribution in [0.1, 0.15) is 31.4 Å². The van der Waals surface area contributed by atoms with E-state index in [1.54, 1.807) is 0 Å². The molecule has 0 saturated carbocycles. The highest BCUT2D eigenvalue weighted by atomic mass is 32.2. The van der Waals surface area contributed by atoms with Crippen LogP contribution in [0.2, 0.25) is 0 Å². The van der Waals surface area contributed by atoms with Gasteiger partial charge in [-0.15, -0.1) is 11.8 Å². The van der Waals surface area contributed by atoms with Gasteiger partial charge >= 0.3 is 0 Å². The van der Waals surface area contributed by atoms with Crippen molar-refractivity contribution in [1.29, 1.82) is 0 Å². The third kappa shape index (κ3) is 4.58. The van der Waals surface area contributed by atoms with Crippen molar-refractivity contribution in [3.8, 4) is 0 Å². The maximum atomic E-state index is 3.51. The minimum Gasteiger partial charge on any atom is -0.313 e. The maximum absolute atomic E-state index is 3.51. The molecule has 0 aliphatic heterocycles. The van der Waals surface area contributed by atoms with Gasteiger partial charge in [-0.1, -0.05) is 24.6 Å². The Hall–Kier alpha value is -0.470. The molecule has 1 unspecified atom stereocenters. The largest absolute Gasteiger partial charge is 0.313 e. The van der Waals surface area contributed by atoms with Crippen molar-refractivity contribution in [2.45, 2.75) is 45.1 Å². The summed E-state index contributed by atoms with van der Waals surface area (Å²) in [5.74, 6) is 1.15. The summed E-state index contributed by atoms with van der Waals surface area (Å²) in [5, 5.41) is 3.51. The lowest BCUT2D eigenvalue weighted by atomic mass is 10.2. The molecule has 0 heterocycles. The van der Waals surface area contributed by atoms with E-state index in [1.165, 1.54) is 22.4 Å². The minimum atomic E-state index is 0.639. The number of hydrogen-bond acceptors (Lipinski definition) is 2. The molecule has 0 radical (unpaired) electrons. The van der Waals surface area contributed by atoms with Crippen LogP contribution in [0.5, 0.6) is 0 Å². The summed E-state index contributed by atoms with van der Waals surface area (Å²) in [6, 6.07) is 7.32. The first-order valence-corrected chi connectivity index (χ1v) is 7.05. The van der Waals surface area contributed by atoms with Crippen molar-refractivity contribution in [2.75, 3.05) is 12.3 Å². The number of aryl methyl sites for hydroxylation is 2. The number of thioether (sulfide) groups is 1. The molecule has 0 amide bonds. The van der Waals surface area contributed by atoms with Crippen molar-refractivity contribution in [3.05, 3.63) is 29.3 Å². The maximum Gasteiger partial charge on any atom is 0.0106 e. The number of hydrogen-bond donors (Lipinski definition) is 1. The number of nitrogens with one attached hydrogen (secondary N) is 1. The second-order valence-corrected chi connectivity index (χ2v) is 5.52. The van der Waals surface area contributed by atoms with Gasteiger partial charge in [0.05, 0.1) is 0 Å². The van der Waals surface area contributed by atoms with Crippen molar-refractivity contribution < 1.29 is 0 Å². The van der Waals surface area contributed by atoms with E-state index in [1.807, 2.05) is 11.8 Å². The van der Waals surface area contributed by atoms with Crippen LogP contribution in [0, 0.1) is 13.8 Å². The van der Waals surface area contributed by atoms with Gasteiger partial charge in [0.2, 0.25) is 0 Å². The van der Waals surface area contributed by atoms with Gasteiger partial charge in [0.1, 0.15) is 0 Å². The Bertz CT molecular complexity index is 323. The van der Waals surface area contributed by atoms with E-state index in [-0.39, 0.29) is 0 Å². The Morgan fingerprint density at radius 2 is 2.06 bits per heavy atom. The minimum absolute atomic E-state index is 0.639. The molecule has 0 saturated heterocycles. The lowest BCUT2D eigenvalue weighted by molar-refractivity contribution is 0.555. The molecule has 2 heteroatoms. The normalized spacial score (nSPS) is 12.8. The van der Waals surface area contributed by atoms with Crippen LogP contribution >= 0.6 is 11.8 Å². The molecule has 1 nitrogen and oxygen atoms in total. The standard InChI is InChI=1S/C14H23NS/c1-5-13(4)15-8-9-16-14-7-6-11(2)10-12(14)3/h6-7,10,13,15H,5,8-9H2,1-4H3. The predicted octanol–water partition coefficient (Wildman–Crippen LogP) is 3.78. The highest BCUT2D eigenvalue weighted by Gasteiger charge is 2.00. The van der Waals surface area contributed by atoms with E-state index < -0.39 is 0 Å². The van der Waals surface area contributed by atoms with E-state index in [9.17, 15) is 0 Å².